The molecular weight excluding hydrogens is 488 g/mol. The molecule has 0 bridgehead atoms. The van der Waals surface area contributed by atoms with Crippen molar-refractivity contribution in [3.8, 4) is 23.0 Å². The highest BCUT2D eigenvalue weighted by molar-refractivity contribution is 6.08. The van der Waals surface area contributed by atoms with Crippen LogP contribution in [0.5, 0.6) is 23.0 Å². The van der Waals surface area contributed by atoms with Crippen LogP contribution in [0.4, 0.5) is 0 Å². The third-order valence-corrected chi connectivity index (χ3v) is 8.38. The summed E-state index contributed by atoms with van der Waals surface area (Å²) in [5.74, 6) is 2.70. The Morgan fingerprint density at radius 1 is 0.692 bits per heavy atom. The predicted octanol–water partition coefficient (Wildman–Crippen LogP) is 8.73. The lowest BCUT2D eigenvalue weighted by Gasteiger charge is -2.27. The van der Waals surface area contributed by atoms with Gasteiger partial charge < -0.3 is 18.9 Å². The van der Waals surface area contributed by atoms with E-state index in [1.807, 2.05) is 42.5 Å². The first-order valence-electron chi connectivity index (χ1n) is 15.2. The minimum atomic E-state index is -0.0809. The van der Waals surface area contributed by atoms with Gasteiger partial charge in [-0.2, -0.15) is 0 Å². The number of hydrogen-bond acceptors (Lipinski definition) is 5. The van der Waals surface area contributed by atoms with Crippen molar-refractivity contribution in [1.29, 1.82) is 0 Å². The maximum atomic E-state index is 13.5. The molecule has 3 aliphatic carbocycles. The van der Waals surface area contributed by atoms with E-state index in [0.717, 1.165) is 49.8 Å². The van der Waals surface area contributed by atoms with Crippen molar-refractivity contribution in [2.24, 2.45) is 0 Å². The van der Waals surface area contributed by atoms with Gasteiger partial charge in [-0.3, -0.25) is 4.79 Å². The number of ether oxygens (including phenoxy) is 4. The Balaban J connectivity index is 1.40. The van der Waals surface area contributed by atoms with Crippen molar-refractivity contribution >= 4 is 11.9 Å². The fraction of sp³-hybridized carbons (Fsp3) is 0.559. The molecule has 0 spiro atoms. The molecule has 0 amide bonds. The monoisotopic (exact) mass is 532 g/mol. The van der Waals surface area contributed by atoms with Crippen LogP contribution in [0, 0.1) is 0 Å². The number of carbonyl (C=O) groups is 1. The Morgan fingerprint density at radius 2 is 1.26 bits per heavy atom. The molecule has 5 heteroatoms. The van der Waals surface area contributed by atoms with Crippen LogP contribution in [-0.4, -0.2) is 31.2 Å². The zero-order valence-corrected chi connectivity index (χ0v) is 23.5. The third-order valence-electron chi connectivity index (χ3n) is 8.38. The highest BCUT2D eigenvalue weighted by atomic mass is 16.5. The van der Waals surface area contributed by atoms with Crippen molar-refractivity contribution < 1.29 is 23.7 Å². The van der Waals surface area contributed by atoms with Gasteiger partial charge in [-0.25, -0.2) is 0 Å². The number of ketones is 1. The summed E-state index contributed by atoms with van der Waals surface area (Å²) in [4.78, 5) is 13.5. The molecular formula is C34H44O5. The van der Waals surface area contributed by atoms with Crippen LogP contribution in [0.15, 0.2) is 42.5 Å². The zero-order valence-electron chi connectivity index (χ0n) is 23.5. The van der Waals surface area contributed by atoms with Crippen LogP contribution in [0.3, 0.4) is 0 Å². The summed E-state index contributed by atoms with van der Waals surface area (Å²) in [5.41, 5.74) is 1.40. The van der Waals surface area contributed by atoms with Gasteiger partial charge in [0.2, 0.25) is 0 Å². The quantitative estimate of drug-likeness (QED) is 0.226. The fourth-order valence-electron chi connectivity index (χ4n) is 6.18. The summed E-state index contributed by atoms with van der Waals surface area (Å²) < 4.78 is 25.1. The minimum absolute atomic E-state index is 0.0809. The zero-order chi connectivity index (χ0) is 26.9. The predicted molar refractivity (Wildman–Crippen MR) is 155 cm³/mol. The van der Waals surface area contributed by atoms with E-state index in [1.165, 1.54) is 57.8 Å². The van der Waals surface area contributed by atoms with Crippen LogP contribution in [-0.2, 0) is 0 Å². The average molecular weight is 533 g/mol. The van der Waals surface area contributed by atoms with E-state index in [9.17, 15) is 4.79 Å². The molecule has 2 aromatic carbocycles. The Kier molecular flexibility index (Phi) is 9.85. The molecule has 0 radical (unpaired) electrons. The molecule has 39 heavy (non-hydrogen) atoms. The van der Waals surface area contributed by atoms with E-state index < -0.39 is 0 Å². The first kappa shape index (κ1) is 27.6. The van der Waals surface area contributed by atoms with Crippen LogP contribution in [0.1, 0.15) is 112 Å². The number of allylic oxidation sites excluding steroid dienone is 1. The average Bonchev–Trinajstić information content (AvgIpc) is 2.98. The molecule has 0 heterocycles. The van der Waals surface area contributed by atoms with Crippen molar-refractivity contribution in [1.82, 2.24) is 0 Å². The second kappa shape index (κ2) is 13.9. The summed E-state index contributed by atoms with van der Waals surface area (Å²) in [6.45, 7) is 0. The van der Waals surface area contributed by atoms with E-state index in [0.29, 0.717) is 22.8 Å². The van der Waals surface area contributed by atoms with Gasteiger partial charge in [-0.05, 0) is 107 Å². The third kappa shape index (κ3) is 7.58. The largest absolute Gasteiger partial charge is 0.493 e. The Morgan fingerprint density at radius 3 is 1.87 bits per heavy atom. The molecule has 2 aromatic rings. The van der Waals surface area contributed by atoms with E-state index in [2.05, 4.69) is 0 Å². The lowest BCUT2D eigenvalue weighted by molar-refractivity contribution is 0.103. The van der Waals surface area contributed by atoms with Gasteiger partial charge in [0.25, 0.3) is 0 Å². The van der Waals surface area contributed by atoms with E-state index in [-0.39, 0.29) is 24.1 Å². The van der Waals surface area contributed by atoms with E-state index in [4.69, 9.17) is 18.9 Å². The molecule has 5 nitrogen and oxygen atoms in total. The molecule has 0 unspecified atom stereocenters. The van der Waals surface area contributed by atoms with Gasteiger partial charge in [0.15, 0.2) is 17.3 Å². The maximum Gasteiger partial charge on any atom is 0.189 e. The molecule has 3 saturated carbocycles. The van der Waals surface area contributed by atoms with Crippen LogP contribution >= 0.6 is 0 Å². The first-order valence-corrected chi connectivity index (χ1v) is 15.2. The first-order chi connectivity index (χ1) is 19.2. The topological polar surface area (TPSA) is 54.0 Å². The molecule has 0 aromatic heterocycles. The summed E-state index contributed by atoms with van der Waals surface area (Å²) in [6, 6.07) is 11.5. The number of benzene rings is 2. The Bertz CT molecular complexity index is 1100. The smallest absolute Gasteiger partial charge is 0.189 e. The van der Waals surface area contributed by atoms with Crippen LogP contribution in [0.25, 0.3) is 6.08 Å². The van der Waals surface area contributed by atoms with E-state index >= 15 is 0 Å². The van der Waals surface area contributed by atoms with Gasteiger partial charge in [0, 0.05) is 11.6 Å². The highest BCUT2D eigenvalue weighted by Gasteiger charge is 2.23. The standard InChI is InChI=1S/C34H44O5/c1-36-33-24-29(37-26-13-5-2-6-14-26)23-25(34(33)39-28-17-9-4-10-18-28)21-22-31(35)30-19-11-12-20-32(30)38-27-15-7-3-8-16-27/h11-12,19-24,26-28H,2-10,13-18H2,1H3. The molecule has 0 atom stereocenters. The Labute approximate surface area is 233 Å². The molecule has 0 saturated heterocycles. The molecule has 0 N–H and O–H groups in total. The van der Waals surface area contributed by atoms with Gasteiger partial charge in [0.1, 0.15) is 11.5 Å². The van der Waals surface area contributed by atoms with Crippen molar-refractivity contribution in [2.45, 2.75) is 115 Å². The van der Waals surface area contributed by atoms with Crippen molar-refractivity contribution in [3.05, 3.63) is 53.6 Å². The van der Waals surface area contributed by atoms with Crippen LogP contribution < -0.4 is 18.9 Å². The van der Waals surface area contributed by atoms with Gasteiger partial charge in [-0.15, -0.1) is 0 Å². The lowest BCUT2D eigenvalue weighted by atomic mass is 9.97. The van der Waals surface area contributed by atoms with Crippen molar-refractivity contribution in [2.75, 3.05) is 7.11 Å². The number of hydrogen-bond donors (Lipinski definition) is 0. The number of rotatable bonds is 10. The van der Waals surface area contributed by atoms with Crippen molar-refractivity contribution in [3.63, 3.8) is 0 Å². The number of methoxy groups -OCH3 is 1. The lowest BCUT2D eigenvalue weighted by Crippen LogP contribution is -2.21. The van der Waals surface area contributed by atoms with Gasteiger partial charge >= 0.3 is 0 Å². The summed E-state index contributed by atoms with van der Waals surface area (Å²) in [6.07, 6.45) is 21.3. The summed E-state index contributed by atoms with van der Waals surface area (Å²) >= 11 is 0. The van der Waals surface area contributed by atoms with E-state index in [1.54, 1.807) is 13.2 Å². The number of carbonyl (C=O) groups excluding carboxylic acids is 1. The molecule has 3 aliphatic rings. The highest BCUT2D eigenvalue weighted by Crippen LogP contribution is 2.40. The minimum Gasteiger partial charge on any atom is -0.493 e. The normalized spacial score (nSPS) is 19.6. The summed E-state index contributed by atoms with van der Waals surface area (Å²) in [7, 11) is 1.67. The molecule has 3 fully saturated rings. The van der Waals surface area contributed by atoms with Crippen LogP contribution in [0.2, 0.25) is 0 Å². The molecule has 5 rings (SSSR count). The molecule has 0 aliphatic heterocycles. The second-order valence-electron chi connectivity index (χ2n) is 11.4. The SMILES string of the molecule is COc1cc(OC2CCCCC2)cc(C=CC(=O)c2ccccc2OC2CCCCC2)c1OC1CCCCC1. The second-order valence-corrected chi connectivity index (χ2v) is 11.4. The Hall–Kier alpha value is -2.95. The number of para-hydroxylation sites is 1. The van der Waals surface area contributed by atoms with Gasteiger partial charge in [0.05, 0.1) is 31.0 Å². The summed E-state index contributed by atoms with van der Waals surface area (Å²) in [5, 5.41) is 0. The maximum absolute atomic E-state index is 13.5. The fourth-order valence-corrected chi connectivity index (χ4v) is 6.18. The van der Waals surface area contributed by atoms with Gasteiger partial charge in [-0.1, -0.05) is 31.4 Å². The molecule has 210 valence electrons.